The van der Waals surface area contributed by atoms with E-state index in [1.54, 1.807) is 24.3 Å². The van der Waals surface area contributed by atoms with E-state index >= 15 is 0 Å². The van der Waals surface area contributed by atoms with Crippen molar-refractivity contribution in [3.05, 3.63) is 98.9 Å². The third-order valence-corrected chi connectivity index (χ3v) is 7.05. The summed E-state index contributed by atoms with van der Waals surface area (Å²) in [6.45, 7) is 0. The van der Waals surface area contributed by atoms with Crippen LogP contribution in [0.4, 0.5) is 5.69 Å². The van der Waals surface area contributed by atoms with E-state index in [0.717, 1.165) is 15.6 Å². The standard InChI is InChI=1S/C26H16BrCl2N3OS/c27-22-3-1-2-4-23(22)31-25(33)15-34-26-21(14-30)20(16-5-9-18(28)10-6-16)13-24(32-26)17-7-11-19(29)12-8-17/h1-13H,15H2,(H,31,33). The van der Waals surface area contributed by atoms with Crippen LogP contribution in [-0.4, -0.2) is 16.6 Å². The first kappa shape index (κ1) is 24.3. The van der Waals surface area contributed by atoms with Gasteiger partial charge >= 0.3 is 0 Å². The van der Waals surface area contributed by atoms with Gasteiger partial charge in [-0.3, -0.25) is 4.79 Å². The van der Waals surface area contributed by atoms with Crippen molar-refractivity contribution in [3.8, 4) is 28.5 Å². The smallest absolute Gasteiger partial charge is 0.234 e. The first-order valence-electron chi connectivity index (χ1n) is 10.1. The van der Waals surface area contributed by atoms with Gasteiger partial charge in [0.05, 0.1) is 22.7 Å². The lowest BCUT2D eigenvalue weighted by Crippen LogP contribution is -2.14. The van der Waals surface area contributed by atoms with Gasteiger partial charge in [0.1, 0.15) is 11.1 Å². The Balaban J connectivity index is 1.70. The molecule has 0 unspecified atom stereocenters. The van der Waals surface area contributed by atoms with Gasteiger partial charge in [-0.15, -0.1) is 0 Å². The van der Waals surface area contributed by atoms with Gasteiger partial charge < -0.3 is 5.32 Å². The number of nitriles is 1. The quantitative estimate of drug-likeness (QED) is 0.239. The molecule has 8 heteroatoms. The van der Waals surface area contributed by atoms with Crippen molar-refractivity contribution in [2.75, 3.05) is 11.1 Å². The van der Waals surface area contributed by atoms with Crippen molar-refractivity contribution in [3.63, 3.8) is 0 Å². The van der Waals surface area contributed by atoms with Crippen molar-refractivity contribution < 1.29 is 4.79 Å². The topological polar surface area (TPSA) is 65.8 Å². The molecule has 3 aromatic carbocycles. The van der Waals surface area contributed by atoms with Gasteiger partial charge in [0.25, 0.3) is 0 Å². The van der Waals surface area contributed by atoms with E-state index in [-0.39, 0.29) is 11.7 Å². The molecule has 4 rings (SSSR count). The number of carbonyl (C=O) groups excluding carboxylic acids is 1. The first-order chi connectivity index (χ1) is 16.4. The summed E-state index contributed by atoms with van der Waals surface area (Å²) in [4.78, 5) is 17.4. The summed E-state index contributed by atoms with van der Waals surface area (Å²) in [5, 5.41) is 14.6. The second-order valence-electron chi connectivity index (χ2n) is 7.18. The van der Waals surface area contributed by atoms with Crippen LogP contribution in [0.5, 0.6) is 0 Å². The van der Waals surface area contributed by atoms with E-state index in [1.165, 1.54) is 11.8 Å². The molecule has 0 atom stereocenters. The summed E-state index contributed by atoms with van der Waals surface area (Å²) >= 11 is 16.8. The van der Waals surface area contributed by atoms with E-state index in [4.69, 9.17) is 28.2 Å². The zero-order chi connectivity index (χ0) is 24.1. The zero-order valence-electron chi connectivity index (χ0n) is 17.6. The van der Waals surface area contributed by atoms with Crippen LogP contribution in [0.15, 0.2) is 88.4 Å². The van der Waals surface area contributed by atoms with E-state index in [9.17, 15) is 10.1 Å². The van der Waals surface area contributed by atoms with Crippen LogP contribution in [0.1, 0.15) is 5.56 Å². The summed E-state index contributed by atoms with van der Waals surface area (Å²) < 4.78 is 0.791. The average molecular weight is 569 g/mol. The first-order valence-corrected chi connectivity index (χ1v) is 12.6. The van der Waals surface area contributed by atoms with Crippen LogP contribution >= 0.6 is 50.9 Å². The third kappa shape index (κ3) is 5.81. The molecule has 0 aliphatic carbocycles. The number of amides is 1. The van der Waals surface area contributed by atoms with Gasteiger partial charge in [0.2, 0.25) is 5.91 Å². The second kappa shape index (κ2) is 11.1. The molecule has 4 nitrogen and oxygen atoms in total. The Labute approximate surface area is 220 Å². The molecular formula is C26H16BrCl2N3OS. The Morgan fingerprint density at radius 1 is 0.971 bits per heavy atom. The molecule has 4 aromatic rings. The number of anilines is 1. The van der Waals surface area contributed by atoms with Crippen molar-refractivity contribution in [2.45, 2.75) is 5.03 Å². The van der Waals surface area contributed by atoms with Crippen LogP contribution in [-0.2, 0) is 4.79 Å². The summed E-state index contributed by atoms with van der Waals surface area (Å²) in [5.74, 6) is -0.111. The van der Waals surface area contributed by atoms with Gasteiger partial charge in [-0.1, -0.05) is 71.4 Å². The molecule has 34 heavy (non-hydrogen) atoms. The third-order valence-electron chi connectivity index (χ3n) is 4.88. The van der Waals surface area contributed by atoms with Crippen LogP contribution in [0, 0.1) is 11.3 Å². The molecule has 0 spiro atoms. The highest BCUT2D eigenvalue weighted by atomic mass is 79.9. The van der Waals surface area contributed by atoms with Gasteiger partial charge in [0, 0.05) is 25.6 Å². The minimum atomic E-state index is -0.201. The summed E-state index contributed by atoms with van der Waals surface area (Å²) in [6.07, 6.45) is 0. The fraction of sp³-hybridized carbons (Fsp3) is 0.0385. The molecule has 168 valence electrons. The molecule has 0 saturated carbocycles. The molecule has 0 aliphatic rings. The van der Waals surface area contributed by atoms with E-state index < -0.39 is 0 Å². The summed E-state index contributed by atoms with van der Waals surface area (Å²) in [6, 6.07) is 26.1. The van der Waals surface area contributed by atoms with Crippen molar-refractivity contribution in [1.82, 2.24) is 4.98 Å². The second-order valence-corrected chi connectivity index (χ2v) is 9.87. The summed E-state index contributed by atoms with van der Waals surface area (Å²) in [7, 11) is 0. The lowest BCUT2D eigenvalue weighted by Gasteiger charge is -2.13. The largest absolute Gasteiger partial charge is 0.324 e. The predicted octanol–water partition coefficient (Wildman–Crippen LogP) is 8.09. The Morgan fingerprint density at radius 3 is 2.21 bits per heavy atom. The van der Waals surface area contributed by atoms with Gasteiger partial charge in [-0.05, 0) is 64.0 Å². The molecular weight excluding hydrogens is 553 g/mol. The van der Waals surface area contributed by atoms with E-state index in [1.807, 2.05) is 54.6 Å². The van der Waals surface area contributed by atoms with Crippen molar-refractivity contribution in [2.24, 2.45) is 0 Å². The number of pyridine rings is 1. The SMILES string of the molecule is N#Cc1c(-c2ccc(Cl)cc2)cc(-c2ccc(Cl)cc2)nc1SCC(=O)Nc1ccccc1Br. The fourth-order valence-corrected chi connectivity index (χ4v) is 4.68. The average Bonchev–Trinajstić information content (AvgIpc) is 2.84. The number of hydrogen-bond acceptors (Lipinski definition) is 4. The minimum Gasteiger partial charge on any atom is -0.324 e. The van der Waals surface area contributed by atoms with E-state index in [0.29, 0.717) is 37.6 Å². The van der Waals surface area contributed by atoms with E-state index in [2.05, 4.69) is 27.3 Å². The number of hydrogen-bond donors (Lipinski definition) is 1. The number of nitrogens with one attached hydrogen (secondary N) is 1. The number of para-hydroxylation sites is 1. The maximum absolute atomic E-state index is 12.6. The highest BCUT2D eigenvalue weighted by Gasteiger charge is 2.17. The maximum atomic E-state index is 12.6. The van der Waals surface area contributed by atoms with Crippen LogP contribution < -0.4 is 5.32 Å². The Morgan fingerprint density at radius 2 is 1.59 bits per heavy atom. The monoisotopic (exact) mass is 567 g/mol. The zero-order valence-corrected chi connectivity index (χ0v) is 21.5. The van der Waals surface area contributed by atoms with Crippen molar-refractivity contribution in [1.29, 1.82) is 5.26 Å². The van der Waals surface area contributed by atoms with Crippen molar-refractivity contribution >= 4 is 62.5 Å². The lowest BCUT2D eigenvalue weighted by atomic mass is 9.99. The number of rotatable bonds is 6. The van der Waals surface area contributed by atoms with Crippen LogP contribution in [0.25, 0.3) is 22.4 Å². The normalized spacial score (nSPS) is 10.5. The number of aromatic nitrogens is 1. The molecule has 0 saturated heterocycles. The molecule has 1 amide bonds. The number of nitrogens with zero attached hydrogens (tertiary/aromatic N) is 2. The fourth-order valence-electron chi connectivity index (χ4n) is 3.24. The number of thioether (sulfide) groups is 1. The maximum Gasteiger partial charge on any atom is 0.234 e. The molecule has 0 radical (unpaired) electrons. The Bertz CT molecular complexity index is 1390. The lowest BCUT2D eigenvalue weighted by molar-refractivity contribution is -0.113. The van der Waals surface area contributed by atoms with Gasteiger partial charge in [-0.2, -0.15) is 5.26 Å². The minimum absolute atomic E-state index is 0.0904. The molecule has 1 heterocycles. The Kier molecular flexibility index (Phi) is 7.91. The predicted molar refractivity (Wildman–Crippen MR) is 143 cm³/mol. The molecule has 1 N–H and O–H groups in total. The highest BCUT2D eigenvalue weighted by Crippen LogP contribution is 2.35. The highest BCUT2D eigenvalue weighted by molar-refractivity contribution is 9.10. The number of benzene rings is 3. The van der Waals surface area contributed by atoms with Crippen LogP contribution in [0.2, 0.25) is 10.0 Å². The van der Waals surface area contributed by atoms with Crippen LogP contribution in [0.3, 0.4) is 0 Å². The summed E-state index contributed by atoms with van der Waals surface area (Å²) in [5.41, 5.74) is 4.15. The molecule has 0 bridgehead atoms. The number of carbonyl (C=O) groups is 1. The number of halogens is 3. The van der Waals surface area contributed by atoms with Gasteiger partial charge in [-0.25, -0.2) is 4.98 Å². The molecule has 0 fully saturated rings. The molecule has 1 aromatic heterocycles. The molecule has 0 aliphatic heterocycles. The van der Waals surface area contributed by atoms with Gasteiger partial charge in [0.15, 0.2) is 0 Å². The Hall–Kier alpha value is -2.82.